The molecule has 0 fully saturated rings. The molecule has 2 aromatic heterocycles. The van der Waals surface area contributed by atoms with Crippen molar-refractivity contribution in [2.75, 3.05) is 5.32 Å². The molecule has 0 aliphatic heterocycles. The molecule has 2 amide bonds. The number of rotatable bonds is 4. The number of hydrogen-bond donors (Lipinski definition) is 3. The molecule has 0 unspecified atom stereocenters. The smallest absolute Gasteiger partial charge is 0.293 e. The number of nitrogens with one attached hydrogen (secondary N) is 2. The third-order valence-electron chi connectivity index (χ3n) is 5.47. The second-order valence-electron chi connectivity index (χ2n) is 7.70. The van der Waals surface area contributed by atoms with Crippen LogP contribution in [0.1, 0.15) is 50.6 Å². The van der Waals surface area contributed by atoms with Crippen LogP contribution in [0.15, 0.2) is 58.0 Å². The molecule has 0 spiro atoms. The minimum absolute atomic E-state index is 0.0838. The van der Waals surface area contributed by atoms with E-state index in [1.165, 1.54) is 35.6 Å². The summed E-state index contributed by atoms with van der Waals surface area (Å²) >= 11 is 1.40. The van der Waals surface area contributed by atoms with Crippen LogP contribution in [0.4, 0.5) is 5.13 Å². The zero-order valence-corrected chi connectivity index (χ0v) is 18.5. The van der Waals surface area contributed by atoms with Crippen LogP contribution in [0, 0.1) is 6.92 Å². The van der Waals surface area contributed by atoms with Crippen LogP contribution in [0.2, 0.25) is 0 Å². The lowest BCUT2D eigenvalue weighted by Crippen LogP contribution is -2.22. The number of fused-ring (bicyclic) bond motifs is 2. The Morgan fingerprint density at radius 1 is 1.09 bits per heavy atom. The molecule has 9 heteroatoms. The number of phenols is 1. The average Bonchev–Trinajstić information content (AvgIpc) is 3.38. The summed E-state index contributed by atoms with van der Waals surface area (Å²) in [5.74, 6) is 0.239. The fraction of sp³-hybridized carbons (Fsp3) is 0.167. The van der Waals surface area contributed by atoms with Crippen LogP contribution < -0.4 is 10.7 Å². The van der Waals surface area contributed by atoms with E-state index in [0.29, 0.717) is 40.6 Å². The van der Waals surface area contributed by atoms with Crippen LogP contribution in [-0.4, -0.2) is 27.6 Å². The molecular weight excluding hydrogens is 440 g/mol. The number of anilines is 1. The van der Waals surface area contributed by atoms with E-state index in [-0.39, 0.29) is 23.3 Å². The molecule has 4 aromatic rings. The molecule has 3 N–H and O–H groups in total. The van der Waals surface area contributed by atoms with Crippen molar-refractivity contribution in [1.82, 2.24) is 10.4 Å². The van der Waals surface area contributed by atoms with E-state index in [2.05, 4.69) is 20.8 Å². The number of hydrogen-bond acceptors (Lipinski definition) is 7. The van der Waals surface area contributed by atoms with E-state index < -0.39 is 0 Å². The molecule has 1 aliphatic rings. The van der Waals surface area contributed by atoms with E-state index >= 15 is 0 Å². The first-order valence-corrected chi connectivity index (χ1v) is 11.3. The Morgan fingerprint density at radius 2 is 1.88 bits per heavy atom. The number of thiazole rings is 1. The van der Waals surface area contributed by atoms with Gasteiger partial charge in [-0.05, 0) is 56.2 Å². The first kappa shape index (κ1) is 20.9. The highest BCUT2D eigenvalue weighted by molar-refractivity contribution is 7.22. The fourth-order valence-electron chi connectivity index (χ4n) is 3.87. The highest BCUT2D eigenvalue weighted by Gasteiger charge is 2.28. The highest BCUT2D eigenvalue weighted by Crippen LogP contribution is 2.31. The first-order valence-electron chi connectivity index (χ1n) is 10.4. The summed E-state index contributed by atoms with van der Waals surface area (Å²) in [7, 11) is 0. The van der Waals surface area contributed by atoms with Crippen molar-refractivity contribution in [2.24, 2.45) is 5.10 Å². The van der Waals surface area contributed by atoms with Crippen molar-refractivity contribution in [1.29, 1.82) is 0 Å². The van der Waals surface area contributed by atoms with Crippen LogP contribution >= 0.6 is 11.3 Å². The van der Waals surface area contributed by atoms with Gasteiger partial charge in [0, 0.05) is 23.1 Å². The van der Waals surface area contributed by atoms with Gasteiger partial charge < -0.3 is 9.52 Å². The summed E-state index contributed by atoms with van der Waals surface area (Å²) < 4.78 is 6.91. The summed E-state index contributed by atoms with van der Waals surface area (Å²) in [4.78, 5) is 29.8. The maximum Gasteiger partial charge on any atom is 0.293 e. The minimum Gasteiger partial charge on any atom is -0.508 e. The molecule has 2 aromatic carbocycles. The van der Waals surface area contributed by atoms with Gasteiger partial charge in [-0.15, -0.1) is 0 Å². The van der Waals surface area contributed by atoms with E-state index in [4.69, 9.17) is 4.42 Å². The Kier molecular flexibility index (Phi) is 5.39. The van der Waals surface area contributed by atoms with Gasteiger partial charge in [0.25, 0.3) is 11.8 Å². The van der Waals surface area contributed by atoms with E-state index in [9.17, 15) is 14.7 Å². The van der Waals surface area contributed by atoms with Crippen LogP contribution in [-0.2, 0) is 6.42 Å². The Hall–Kier alpha value is -3.98. The predicted molar refractivity (Wildman–Crippen MR) is 126 cm³/mol. The number of phenolic OH excluding ortho intramolecular Hbond substituents is 1. The van der Waals surface area contributed by atoms with Gasteiger partial charge in [0.2, 0.25) is 0 Å². The third-order valence-corrected chi connectivity index (χ3v) is 6.42. The number of amides is 2. The molecule has 0 atom stereocenters. The van der Waals surface area contributed by atoms with E-state index in [1.54, 1.807) is 0 Å². The van der Waals surface area contributed by atoms with Gasteiger partial charge in [-0.3, -0.25) is 14.9 Å². The quantitative estimate of drug-likeness (QED) is 0.384. The molecule has 1 aliphatic carbocycles. The number of hydrazone groups is 1. The van der Waals surface area contributed by atoms with Gasteiger partial charge in [0.05, 0.1) is 15.9 Å². The maximum atomic E-state index is 12.9. The number of furan rings is 1. The van der Waals surface area contributed by atoms with Gasteiger partial charge in [-0.1, -0.05) is 23.5 Å². The minimum atomic E-state index is -0.385. The molecule has 33 heavy (non-hydrogen) atoms. The van der Waals surface area contributed by atoms with Gasteiger partial charge in [0.1, 0.15) is 11.5 Å². The predicted octanol–water partition coefficient (Wildman–Crippen LogP) is 4.63. The van der Waals surface area contributed by atoms with Crippen LogP contribution in [0.25, 0.3) is 10.2 Å². The second kappa shape index (κ2) is 8.51. The van der Waals surface area contributed by atoms with Gasteiger partial charge in [-0.2, -0.15) is 5.10 Å². The second-order valence-corrected chi connectivity index (χ2v) is 8.73. The van der Waals surface area contributed by atoms with Crippen molar-refractivity contribution in [2.45, 2.75) is 26.2 Å². The molecule has 0 saturated carbocycles. The molecule has 166 valence electrons. The SMILES string of the molecule is Cc1c(C(=O)Nc2nc3ccccc3s2)oc2c1/C(=N/NC(=O)c1ccc(O)cc1)CCC2. The molecule has 0 bridgehead atoms. The first-order chi connectivity index (χ1) is 16.0. The largest absolute Gasteiger partial charge is 0.508 e. The van der Waals surface area contributed by atoms with Gasteiger partial charge in [-0.25, -0.2) is 10.4 Å². The number of aromatic hydroxyl groups is 1. The summed E-state index contributed by atoms with van der Waals surface area (Å²) in [6, 6.07) is 13.6. The molecule has 0 radical (unpaired) electrons. The molecule has 2 heterocycles. The van der Waals surface area contributed by atoms with Crippen molar-refractivity contribution >= 4 is 44.2 Å². The van der Waals surface area contributed by atoms with Gasteiger partial charge >= 0.3 is 0 Å². The number of aryl methyl sites for hydroxylation is 1. The molecule has 0 saturated heterocycles. The topological polar surface area (TPSA) is 117 Å². The van der Waals surface area contributed by atoms with E-state index in [0.717, 1.165) is 22.2 Å². The Morgan fingerprint density at radius 3 is 2.67 bits per heavy atom. The zero-order valence-electron chi connectivity index (χ0n) is 17.7. The number of carbonyl (C=O) groups is 2. The van der Waals surface area contributed by atoms with Crippen molar-refractivity contribution in [3.63, 3.8) is 0 Å². The van der Waals surface area contributed by atoms with Crippen LogP contribution in [0.5, 0.6) is 5.75 Å². The molecule has 5 rings (SSSR count). The third kappa shape index (κ3) is 4.10. The van der Waals surface area contributed by atoms with E-state index in [1.807, 2.05) is 31.2 Å². The number of benzene rings is 2. The van der Waals surface area contributed by atoms with Crippen molar-refractivity contribution in [3.8, 4) is 5.75 Å². The lowest BCUT2D eigenvalue weighted by atomic mass is 9.93. The Bertz CT molecular complexity index is 1370. The van der Waals surface area contributed by atoms with Crippen LogP contribution in [0.3, 0.4) is 0 Å². The van der Waals surface area contributed by atoms with Crippen molar-refractivity contribution in [3.05, 3.63) is 76.7 Å². The standard InChI is InChI=1S/C24H20N4O4S/c1-13-20-17(27-28-22(30)14-9-11-15(29)12-10-14)6-4-7-18(20)32-21(13)23(31)26-24-25-16-5-2-3-8-19(16)33-24/h2-3,5,8-12,29H,4,6-7H2,1H3,(H,28,30)(H,25,26,31)/b27-17+. The summed E-state index contributed by atoms with van der Waals surface area (Å²) in [5, 5.41) is 17.0. The number of nitrogens with zero attached hydrogens (tertiary/aromatic N) is 2. The number of carbonyl (C=O) groups excluding carboxylic acids is 2. The maximum absolute atomic E-state index is 12.9. The fourth-order valence-corrected chi connectivity index (χ4v) is 4.73. The average molecular weight is 461 g/mol. The number of para-hydroxylation sites is 1. The molecule has 8 nitrogen and oxygen atoms in total. The summed E-state index contributed by atoms with van der Waals surface area (Å²) in [6.45, 7) is 1.82. The van der Waals surface area contributed by atoms with Gasteiger partial charge in [0.15, 0.2) is 10.9 Å². The lowest BCUT2D eigenvalue weighted by molar-refractivity contribution is 0.0953. The molecular formula is C24H20N4O4S. The monoisotopic (exact) mass is 460 g/mol. The Balaban J connectivity index is 1.37. The van der Waals surface area contributed by atoms with Crippen molar-refractivity contribution < 1.29 is 19.1 Å². The summed E-state index contributed by atoms with van der Waals surface area (Å²) in [6.07, 6.45) is 2.14. The normalized spacial score (nSPS) is 14.3. The Labute approximate surface area is 193 Å². The summed E-state index contributed by atoms with van der Waals surface area (Å²) in [5.41, 5.74) is 5.89. The number of aromatic nitrogens is 1. The lowest BCUT2D eigenvalue weighted by Gasteiger charge is -2.13. The zero-order chi connectivity index (χ0) is 22.9. The highest BCUT2D eigenvalue weighted by atomic mass is 32.1.